The highest BCUT2D eigenvalue weighted by atomic mass is 19.1. The van der Waals surface area contributed by atoms with Gasteiger partial charge >= 0.3 is 0 Å². The number of aliphatic hydroxyl groups is 1. The zero-order chi connectivity index (χ0) is 23.5. The first-order valence-corrected chi connectivity index (χ1v) is 10.1. The number of anilines is 1. The number of amides is 2. The van der Waals surface area contributed by atoms with E-state index in [2.05, 4.69) is 10.6 Å². The summed E-state index contributed by atoms with van der Waals surface area (Å²) in [7, 11) is 0. The van der Waals surface area contributed by atoms with Gasteiger partial charge in [-0.15, -0.1) is 0 Å². The van der Waals surface area contributed by atoms with E-state index in [1.165, 1.54) is 42.5 Å². The van der Waals surface area contributed by atoms with E-state index >= 15 is 0 Å². The van der Waals surface area contributed by atoms with Gasteiger partial charge < -0.3 is 15.7 Å². The standard InChI is InChI=1S/C25H19FN2O5/c26-16-8-6-14(7-9-16)13-27-25(33)20-18-11-10-17(12-19(18)21(29)23(31)22(20)30)28-24(32)15-4-2-1-3-5-15/h1-12,20,23,31H,13H2,(H,27,33)(H,28,32). The van der Waals surface area contributed by atoms with E-state index in [-0.39, 0.29) is 23.4 Å². The first-order chi connectivity index (χ1) is 15.8. The molecule has 0 heterocycles. The second-order valence-electron chi connectivity index (χ2n) is 7.57. The van der Waals surface area contributed by atoms with Gasteiger partial charge in [0.2, 0.25) is 5.91 Å². The van der Waals surface area contributed by atoms with Gasteiger partial charge in [-0.1, -0.05) is 36.4 Å². The van der Waals surface area contributed by atoms with Gasteiger partial charge in [-0.3, -0.25) is 19.2 Å². The summed E-state index contributed by atoms with van der Waals surface area (Å²) in [6.07, 6.45) is -1.99. The fraction of sp³-hybridized carbons (Fsp3) is 0.120. The number of fused-ring (bicyclic) bond motifs is 1. The first kappa shape index (κ1) is 22.0. The fourth-order valence-electron chi connectivity index (χ4n) is 3.64. The van der Waals surface area contributed by atoms with E-state index < -0.39 is 41.2 Å². The van der Waals surface area contributed by atoms with Gasteiger partial charge in [0.1, 0.15) is 11.7 Å². The molecule has 8 heteroatoms. The Hall–Kier alpha value is -4.17. The average Bonchev–Trinajstić information content (AvgIpc) is 2.83. The lowest BCUT2D eigenvalue weighted by Gasteiger charge is -2.26. The SMILES string of the molecule is O=C(Nc1ccc2c(c1)C(=O)C(O)C(=O)C2C(=O)NCc1ccc(F)cc1)c1ccccc1. The van der Waals surface area contributed by atoms with Crippen LogP contribution >= 0.6 is 0 Å². The molecule has 4 rings (SSSR count). The zero-order valence-corrected chi connectivity index (χ0v) is 17.2. The van der Waals surface area contributed by atoms with Crippen molar-refractivity contribution in [3.8, 4) is 0 Å². The lowest BCUT2D eigenvalue weighted by molar-refractivity contribution is -0.134. The average molecular weight is 446 g/mol. The van der Waals surface area contributed by atoms with E-state index in [1.807, 2.05) is 0 Å². The Morgan fingerprint density at radius 2 is 1.64 bits per heavy atom. The molecule has 1 aliphatic rings. The van der Waals surface area contributed by atoms with Gasteiger partial charge in [0, 0.05) is 23.4 Å². The quantitative estimate of drug-likeness (QED) is 0.522. The van der Waals surface area contributed by atoms with E-state index in [0.29, 0.717) is 11.1 Å². The Kier molecular flexibility index (Phi) is 6.10. The summed E-state index contributed by atoms with van der Waals surface area (Å²) in [6.45, 7) is 0.0352. The van der Waals surface area contributed by atoms with Crippen LogP contribution in [0.15, 0.2) is 72.8 Å². The molecule has 0 bridgehead atoms. The van der Waals surface area contributed by atoms with Crippen molar-refractivity contribution in [2.75, 3.05) is 5.32 Å². The Bertz CT molecular complexity index is 1240. The fourth-order valence-corrected chi connectivity index (χ4v) is 3.64. The smallest absolute Gasteiger partial charge is 0.255 e. The minimum Gasteiger partial charge on any atom is -0.377 e. The van der Waals surface area contributed by atoms with E-state index in [0.717, 1.165) is 0 Å². The number of halogens is 1. The minimum atomic E-state index is -1.99. The molecule has 0 aromatic heterocycles. The number of aliphatic hydroxyl groups excluding tert-OH is 1. The van der Waals surface area contributed by atoms with Crippen LogP contribution in [0.4, 0.5) is 10.1 Å². The Labute approximate surface area is 188 Å². The maximum Gasteiger partial charge on any atom is 0.255 e. The molecule has 0 saturated carbocycles. The van der Waals surface area contributed by atoms with Crippen molar-refractivity contribution in [3.05, 3.63) is 101 Å². The third-order valence-corrected chi connectivity index (χ3v) is 5.37. The van der Waals surface area contributed by atoms with Gasteiger partial charge in [0.25, 0.3) is 5.91 Å². The monoisotopic (exact) mass is 446 g/mol. The molecule has 0 spiro atoms. The molecule has 3 N–H and O–H groups in total. The van der Waals surface area contributed by atoms with E-state index in [1.54, 1.807) is 30.3 Å². The normalized spacial score (nSPS) is 17.3. The number of Topliss-reactive ketones (excluding diaryl/α,β-unsaturated/α-hetero) is 2. The van der Waals surface area contributed by atoms with Crippen LogP contribution in [0.2, 0.25) is 0 Å². The lowest BCUT2D eigenvalue weighted by atomic mass is 9.78. The van der Waals surface area contributed by atoms with Gasteiger partial charge in [-0.05, 0) is 47.5 Å². The highest BCUT2D eigenvalue weighted by Crippen LogP contribution is 2.32. The number of hydrogen-bond acceptors (Lipinski definition) is 5. The summed E-state index contributed by atoms with van der Waals surface area (Å²) < 4.78 is 13.1. The van der Waals surface area contributed by atoms with Crippen LogP contribution in [0, 0.1) is 5.82 Å². The summed E-state index contributed by atoms with van der Waals surface area (Å²) in [5.41, 5.74) is 1.43. The third kappa shape index (κ3) is 4.56. The molecule has 2 atom stereocenters. The predicted molar refractivity (Wildman–Crippen MR) is 117 cm³/mol. The molecule has 0 fully saturated rings. The summed E-state index contributed by atoms with van der Waals surface area (Å²) in [5.74, 6) is -4.67. The third-order valence-electron chi connectivity index (χ3n) is 5.37. The number of ketones is 2. The maximum absolute atomic E-state index is 13.1. The molecular formula is C25H19FN2O5. The second kappa shape index (κ2) is 9.13. The van der Waals surface area contributed by atoms with Crippen molar-refractivity contribution in [2.45, 2.75) is 18.6 Å². The molecule has 3 aromatic carbocycles. The van der Waals surface area contributed by atoms with Crippen molar-refractivity contribution in [1.29, 1.82) is 0 Å². The second-order valence-corrected chi connectivity index (χ2v) is 7.57. The molecule has 0 saturated heterocycles. The van der Waals surface area contributed by atoms with Gasteiger partial charge in [0.15, 0.2) is 17.7 Å². The Morgan fingerprint density at radius 1 is 0.939 bits per heavy atom. The molecule has 0 radical (unpaired) electrons. The molecule has 0 aliphatic heterocycles. The van der Waals surface area contributed by atoms with Crippen molar-refractivity contribution in [1.82, 2.24) is 5.32 Å². The highest BCUT2D eigenvalue weighted by molar-refractivity contribution is 6.25. The number of nitrogens with one attached hydrogen (secondary N) is 2. The van der Waals surface area contributed by atoms with Crippen molar-refractivity contribution in [3.63, 3.8) is 0 Å². The van der Waals surface area contributed by atoms with Crippen LogP contribution in [0.25, 0.3) is 0 Å². The van der Waals surface area contributed by atoms with Crippen LogP contribution < -0.4 is 10.6 Å². The molecule has 3 aromatic rings. The summed E-state index contributed by atoms with van der Waals surface area (Å²) in [4.78, 5) is 50.4. The Balaban J connectivity index is 1.57. The van der Waals surface area contributed by atoms with Crippen molar-refractivity contribution < 1.29 is 28.7 Å². The molecule has 33 heavy (non-hydrogen) atoms. The topological polar surface area (TPSA) is 113 Å². The Morgan fingerprint density at radius 3 is 2.33 bits per heavy atom. The summed E-state index contributed by atoms with van der Waals surface area (Å²) >= 11 is 0. The maximum atomic E-state index is 13.1. The zero-order valence-electron chi connectivity index (χ0n) is 17.2. The summed E-state index contributed by atoms with van der Waals surface area (Å²) in [5, 5.41) is 15.4. The van der Waals surface area contributed by atoms with Crippen LogP contribution in [-0.4, -0.2) is 34.6 Å². The van der Waals surface area contributed by atoms with Gasteiger partial charge in [-0.25, -0.2) is 4.39 Å². The number of rotatable bonds is 5. The lowest BCUT2D eigenvalue weighted by Crippen LogP contribution is -2.45. The minimum absolute atomic E-state index is 0.0186. The summed E-state index contributed by atoms with van der Waals surface area (Å²) in [6, 6.07) is 18.2. The van der Waals surface area contributed by atoms with Crippen LogP contribution in [-0.2, 0) is 16.1 Å². The molecular weight excluding hydrogens is 427 g/mol. The van der Waals surface area contributed by atoms with Crippen LogP contribution in [0.1, 0.15) is 37.8 Å². The van der Waals surface area contributed by atoms with E-state index in [9.17, 15) is 28.7 Å². The largest absolute Gasteiger partial charge is 0.377 e. The highest BCUT2D eigenvalue weighted by Gasteiger charge is 2.43. The number of benzene rings is 3. The van der Waals surface area contributed by atoms with E-state index in [4.69, 9.17) is 0 Å². The molecule has 7 nitrogen and oxygen atoms in total. The van der Waals surface area contributed by atoms with Crippen molar-refractivity contribution in [2.24, 2.45) is 0 Å². The van der Waals surface area contributed by atoms with Crippen LogP contribution in [0.5, 0.6) is 0 Å². The van der Waals surface area contributed by atoms with Gasteiger partial charge in [0.05, 0.1) is 0 Å². The number of hydrogen-bond donors (Lipinski definition) is 3. The van der Waals surface area contributed by atoms with Gasteiger partial charge in [-0.2, -0.15) is 0 Å². The molecule has 166 valence electrons. The number of carbonyl (C=O) groups excluding carboxylic acids is 4. The number of carbonyl (C=O) groups is 4. The molecule has 2 amide bonds. The predicted octanol–water partition coefficient (Wildman–Crippen LogP) is 2.60. The molecule has 2 unspecified atom stereocenters. The first-order valence-electron chi connectivity index (χ1n) is 10.1. The van der Waals surface area contributed by atoms with Crippen molar-refractivity contribution >= 4 is 29.1 Å². The molecule has 1 aliphatic carbocycles. The van der Waals surface area contributed by atoms with Crippen LogP contribution in [0.3, 0.4) is 0 Å².